The summed E-state index contributed by atoms with van der Waals surface area (Å²) in [5, 5.41) is 11.5. The average Bonchev–Trinajstić information content (AvgIpc) is 3.07. The first-order valence-corrected chi connectivity index (χ1v) is 7.95. The van der Waals surface area contributed by atoms with Crippen LogP contribution in [0.5, 0.6) is 0 Å². The van der Waals surface area contributed by atoms with Crippen LogP contribution >= 0.6 is 0 Å². The zero-order valence-electron chi connectivity index (χ0n) is 12.9. The van der Waals surface area contributed by atoms with E-state index in [-0.39, 0.29) is 6.61 Å². The van der Waals surface area contributed by atoms with E-state index < -0.39 is 5.41 Å². The van der Waals surface area contributed by atoms with Gasteiger partial charge in [-0.25, -0.2) is 0 Å². The second-order valence-corrected chi connectivity index (χ2v) is 6.09. The van der Waals surface area contributed by atoms with Gasteiger partial charge in [-0.1, -0.05) is 66.8 Å². The molecule has 2 heteroatoms. The molecule has 0 amide bonds. The summed E-state index contributed by atoms with van der Waals surface area (Å²) in [6.07, 6.45) is 7.13. The summed E-state index contributed by atoms with van der Waals surface area (Å²) in [6, 6.07) is 20.7. The van der Waals surface area contributed by atoms with Crippen LogP contribution in [-0.4, -0.2) is 16.7 Å². The average molecular weight is 301 g/mol. The molecule has 1 atom stereocenters. The summed E-state index contributed by atoms with van der Waals surface area (Å²) < 4.78 is 0. The van der Waals surface area contributed by atoms with Gasteiger partial charge in [0.15, 0.2) is 0 Å². The highest BCUT2D eigenvalue weighted by Gasteiger charge is 2.38. The van der Waals surface area contributed by atoms with Crippen LogP contribution in [0.3, 0.4) is 0 Å². The quantitative estimate of drug-likeness (QED) is 0.737. The second-order valence-electron chi connectivity index (χ2n) is 6.09. The van der Waals surface area contributed by atoms with Crippen LogP contribution < -0.4 is 0 Å². The predicted octanol–water partition coefficient (Wildman–Crippen LogP) is 4.44. The molecule has 4 rings (SSSR count). The Morgan fingerprint density at radius 1 is 1.00 bits per heavy atom. The molecule has 0 radical (unpaired) electrons. The Balaban J connectivity index is 1.91. The smallest absolute Gasteiger partial charge is 0.0624 e. The third-order valence-corrected chi connectivity index (χ3v) is 4.78. The number of nitrogens with one attached hydrogen (secondary N) is 1. The van der Waals surface area contributed by atoms with Crippen molar-refractivity contribution >= 4 is 16.5 Å². The number of H-pyrrole nitrogens is 1. The van der Waals surface area contributed by atoms with Gasteiger partial charge in [-0.05, 0) is 35.1 Å². The van der Waals surface area contributed by atoms with Crippen molar-refractivity contribution in [2.75, 3.05) is 6.61 Å². The minimum Gasteiger partial charge on any atom is -0.395 e. The Bertz CT molecular complexity index is 855. The van der Waals surface area contributed by atoms with Crippen LogP contribution in [0.2, 0.25) is 0 Å². The topological polar surface area (TPSA) is 36.0 Å². The Kier molecular flexibility index (Phi) is 3.40. The van der Waals surface area contributed by atoms with Gasteiger partial charge < -0.3 is 10.1 Å². The number of hydrogen-bond donors (Lipinski definition) is 2. The van der Waals surface area contributed by atoms with Crippen LogP contribution in [0.25, 0.3) is 16.5 Å². The molecule has 23 heavy (non-hydrogen) atoms. The molecule has 0 saturated heterocycles. The lowest BCUT2D eigenvalue weighted by molar-refractivity contribution is 0.228. The van der Waals surface area contributed by atoms with Gasteiger partial charge in [0, 0.05) is 11.2 Å². The fraction of sp³-hybridized carbons (Fsp3) is 0.143. The number of aromatic nitrogens is 1. The maximum Gasteiger partial charge on any atom is 0.0624 e. The van der Waals surface area contributed by atoms with Gasteiger partial charge in [-0.2, -0.15) is 0 Å². The van der Waals surface area contributed by atoms with Crippen LogP contribution in [0.4, 0.5) is 0 Å². The van der Waals surface area contributed by atoms with Crippen LogP contribution in [-0.2, 0) is 5.41 Å². The third-order valence-electron chi connectivity index (χ3n) is 4.78. The molecule has 1 heterocycles. The van der Waals surface area contributed by atoms with E-state index in [4.69, 9.17) is 0 Å². The van der Waals surface area contributed by atoms with Gasteiger partial charge in [0.1, 0.15) is 0 Å². The minimum atomic E-state index is -0.422. The zero-order chi connectivity index (χ0) is 15.7. The molecule has 1 aromatic heterocycles. The molecule has 0 spiro atoms. The van der Waals surface area contributed by atoms with Gasteiger partial charge >= 0.3 is 0 Å². The van der Waals surface area contributed by atoms with Gasteiger partial charge in [0.05, 0.1) is 12.0 Å². The van der Waals surface area contributed by atoms with Crippen LogP contribution in [0.15, 0.2) is 78.9 Å². The Morgan fingerprint density at radius 2 is 1.78 bits per heavy atom. The maximum absolute atomic E-state index is 10.4. The standard InChI is InChI=1S/C21H19NO/c23-15-21(20-14-17-10-4-5-12-19(17)22-20)13-7-6-11-18(21)16-8-2-1-3-9-16/h1-12,14,22-23H,13,15H2. The molecule has 2 N–H and O–H groups in total. The van der Waals surface area contributed by atoms with E-state index in [2.05, 4.69) is 53.5 Å². The van der Waals surface area contributed by atoms with E-state index in [9.17, 15) is 5.11 Å². The summed E-state index contributed by atoms with van der Waals surface area (Å²) in [6.45, 7) is 0.0743. The second kappa shape index (κ2) is 5.56. The van der Waals surface area contributed by atoms with E-state index in [0.29, 0.717) is 0 Å². The molecule has 0 bridgehead atoms. The number of para-hydroxylation sites is 1. The largest absolute Gasteiger partial charge is 0.395 e. The summed E-state index contributed by atoms with van der Waals surface area (Å²) in [5.41, 5.74) is 4.08. The molecule has 1 unspecified atom stereocenters. The normalized spacial score (nSPS) is 20.7. The first-order chi connectivity index (χ1) is 11.3. The summed E-state index contributed by atoms with van der Waals surface area (Å²) in [7, 11) is 0. The van der Waals surface area contributed by atoms with Crippen molar-refractivity contribution < 1.29 is 5.11 Å². The van der Waals surface area contributed by atoms with Gasteiger partial charge in [-0.3, -0.25) is 0 Å². The Morgan fingerprint density at radius 3 is 2.57 bits per heavy atom. The fourth-order valence-electron chi connectivity index (χ4n) is 3.51. The van der Waals surface area contributed by atoms with E-state index in [1.165, 1.54) is 5.39 Å². The van der Waals surface area contributed by atoms with E-state index >= 15 is 0 Å². The molecule has 1 aliphatic carbocycles. The number of aromatic amines is 1. The number of rotatable bonds is 3. The maximum atomic E-state index is 10.4. The third kappa shape index (κ3) is 2.23. The fourth-order valence-corrected chi connectivity index (χ4v) is 3.51. The molecule has 2 aromatic carbocycles. The van der Waals surface area contributed by atoms with Crippen molar-refractivity contribution in [2.24, 2.45) is 0 Å². The zero-order valence-corrected chi connectivity index (χ0v) is 12.9. The van der Waals surface area contributed by atoms with E-state index in [0.717, 1.165) is 28.8 Å². The van der Waals surface area contributed by atoms with Gasteiger partial charge in [0.2, 0.25) is 0 Å². The number of fused-ring (bicyclic) bond motifs is 1. The molecule has 114 valence electrons. The molecular formula is C21H19NO. The number of hydrogen-bond acceptors (Lipinski definition) is 1. The molecule has 2 nitrogen and oxygen atoms in total. The molecule has 0 fully saturated rings. The van der Waals surface area contributed by atoms with Crippen molar-refractivity contribution in [3.8, 4) is 0 Å². The number of benzene rings is 2. The van der Waals surface area contributed by atoms with Crippen LogP contribution in [0, 0.1) is 0 Å². The molecular weight excluding hydrogens is 282 g/mol. The SMILES string of the molecule is OCC1(c2cc3ccccc3[nH]2)CC=CC=C1c1ccccc1. The first-order valence-electron chi connectivity index (χ1n) is 7.95. The van der Waals surface area contributed by atoms with Crippen molar-refractivity contribution in [3.63, 3.8) is 0 Å². The highest BCUT2D eigenvalue weighted by Crippen LogP contribution is 2.43. The lowest BCUT2D eigenvalue weighted by Crippen LogP contribution is -2.33. The molecule has 0 saturated carbocycles. The summed E-state index contributed by atoms with van der Waals surface area (Å²) in [5.74, 6) is 0. The Labute approximate surface area is 135 Å². The lowest BCUT2D eigenvalue weighted by atomic mass is 9.70. The number of allylic oxidation sites excluding steroid dienone is 3. The van der Waals surface area contributed by atoms with Gasteiger partial charge in [-0.15, -0.1) is 0 Å². The minimum absolute atomic E-state index is 0.0743. The lowest BCUT2D eigenvalue weighted by Gasteiger charge is -2.35. The molecule has 1 aliphatic rings. The van der Waals surface area contributed by atoms with E-state index in [1.54, 1.807) is 0 Å². The Hall–Kier alpha value is -2.58. The summed E-state index contributed by atoms with van der Waals surface area (Å²) >= 11 is 0. The monoisotopic (exact) mass is 301 g/mol. The van der Waals surface area contributed by atoms with Crippen molar-refractivity contribution in [1.82, 2.24) is 4.98 Å². The highest BCUT2D eigenvalue weighted by molar-refractivity contribution is 5.84. The van der Waals surface area contributed by atoms with Crippen molar-refractivity contribution in [3.05, 3.63) is 90.1 Å². The highest BCUT2D eigenvalue weighted by atomic mass is 16.3. The van der Waals surface area contributed by atoms with Gasteiger partial charge in [0.25, 0.3) is 0 Å². The number of aliphatic hydroxyl groups is 1. The van der Waals surface area contributed by atoms with Crippen LogP contribution in [0.1, 0.15) is 17.7 Å². The summed E-state index contributed by atoms with van der Waals surface area (Å²) in [4.78, 5) is 3.52. The molecule has 3 aromatic rings. The van der Waals surface area contributed by atoms with Crippen molar-refractivity contribution in [1.29, 1.82) is 0 Å². The first kappa shape index (κ1) is 14.0. The van der Waals surface area contributed by atoms with E-state index in [1.807, 2.05) is 30.3 Å². The number of aliphatic hydroxyl groups excluding tert-OH is 1. The van der Waals surface area contributed by atoms with Crippen molar-refractivity contribution in [2.45, 2.75) is 11.8 Å². The predicted molar refractivity (Wildman–Crippen MR) is 95.2 cm³/mol. The molecule has 0 aliphatic heterocycles.